The summed E-state index contributed by atoms with van der Waals surface area (Å²) >= 11 is 2.26. The zero-order valence-corrected chi connectivity index (χ0v) is 7.35. The van der Waals surface area contributed by atoms with E-state index in [0.717, 1.165) is 19.3 Å². The smallest absolute Gasteiger partial charge is 0.220 e. The highest BCUT2D eigenvalue weighted by molar-refractivity contribution is 14.1. The van der Waals surface area contributed by atoms with E-state index in [1.165, 1.54) is 6.42 Å². The molecule has 0 aromatic carbocycles. The van der Waals surface area contributed by atoms with E-state index in [4.69, 9.17) is 0 Å². The van der Waals surface area contributed by atoms with E-state index < -0.39 is 0 Å². The molecule has 52 valence electrons. The minimum atomic E-state index is 0.215. The van der Waals surface area contributed by atoms with Crippen molar-refractivity contribution in [3.8, 4) is 0 Å². The Hall–Kier alpha value is 0.200. The van der Waals surface area contributed by atoms with Crippen molar-refractivity contribution < 1.29 is 4.79 Å². The summed E-state index contributed by atoms with van der Waals surface area (Å²) in [6.45, 7) is 0. The van der Waals surface area contributed by atoms with Gasteiger partial charge in [-0.3, -0.25) is 4.79 Å². The summed E-state index contributed by atoms with van der Waals surface area (Å²) in [6, 6.07) is 0. The number of nitrogens with one attached hydrogen (secondary N) is 1. The average Bonchev–Trinajstić information content (AvgIpc) is 1.93. The number of alkyl halides is 1. The molecule has 0 bridgehead atoms. The van der Waals surface area contributed by atoms with Crippen molar-refractivity contribution in [1.29, 1.82) is 0 Å². The van der Waals surface area contributed by atoms with Crippen LogP contribution in [0.3, 0.4) is 0 Å². The SMILES string of the molecule is O=C1CCCCC(I)N1. The first kappa shape index (κ1) is 7.31. The van der Waals surface area contributed by atoms with Gasteiger partial charge in [-0.2, -0.15) is 0 Å². The van der Waals surface area contributed by atoms with E-state index in [1.807, 2.05) is 0 Å². The Labute approximate surface area is 68.5 Å². The van der Waals surface area contributed by atoms with Crippen molar-refractivity contribution in [2.24, 2.45) is 0 Å². The molecule has 3 heteroatoms. The van der Waals surface area contributed by atoms with Crippen LogP contribution in [0.4, 0.5) is 0 Å². The zero-order valence-electron chi connectivity index (χ0n) is 5.19. The molecule has 1 atom stereocenters. The molecule has 0 radical (unpaired) electrons. The Balaban J connectivity index is 2.37. The van der Waals surface area contributed by atoms with Gasteiger partial charge in [0.1, 0.15) is 0 Å². The molecule has 0 saturated carbocycles. The molecule has 1 aliphatic rings. The summed E-state index contributed by atoms with van der Waals surface area (Å²) in [5.41, 5.74) is 0. The monoisotopic (exact) mass is 239 g/mol. The minimum absolute atomic E-state index is 0.215. The predicted molar refractivity (Wildman–Crippen MR) is 44.4 cm³/mol. The number of carbonyl (C=O) groups excluding carboxylic acids is 1. The van der Waals surface area contributed by atoms with E-state index >= 15 is 0 Å². The van der Waals surface area contributed by atoms with Crippen molar-refractivity contribution in [3.05, 3.63) is 0 Å². The van der Waals surface area contributed by atoms with Gasteiger partial charge in [0.05, 0.1) is 4.05 Å². The molecule has 0 aromatic heterocycles. The topological polar surface area (TPSA) is 29.1 Å². The van der Waals surface area contributed by atoms with Gasteiger partial charge in [-0.15, -0.1) is 0 Å². The summed E-state index contributed by atoms with van der Waals surface area (Å²) in [7, 11) is 0. The van der Waals surface area contributed by atoms with Gasteiger partial charge in [0, 0.05) is 6.42 Å². The molecular weight excluding hydrogens is 229 g/mol. The molecule has 0 aromatic rings. The number of hydrogen-bond donors (Lipinski definition) is 1. The number of halogens is 1. The summed E-state index contributed by atoms with van der Waals surface area (Å²) in [6.07, 6.45) is 4.10. The van der Waals surface area contributed by atoms with Crippen LogP contribution in [0.25, 0.3) is 0 Å². The Morgan fingerprint density at radius 1 is 1.56 bits per heavy atom. The van der Waals surface area contributed by atoms with Crippen LogP contribution in [0.2, 0.25) is 0 Å². The lowest BCUT2D eigenvalue weighted by atomic mass is 10.2. The second-order valence-corrected chi connectivity index (χ2v) is 3.78. The van der Waals surface area contributed by atoms with E-state index in [1.54, 1.807) is 0 Å². The fraction of sp³-hybridized carbons (Fsp3) is 0.833. The van der Waals surface area contributed by atoms with Crippen molar-refractivity contribution >= 4 is 28.5 Å². The normalized spacial score (nSPS) is 29.0. The standard InChI is InChI=1S/C6H10INO/c7-5-3-1-2-4-6(9)8-5/h5H,1-4H2,(H,8,9). The largest absolute Gasteiger partial charge is 0.344 e. The van der Waals surface area contributed by atoms with Crippen molar-refractivity contribution in [2.75, 3.05) is 0 Å². The Kier molecular flexibility index (Phi) is 2.75. The molecular formula is C6H10INO. The van der Waals surface area contributed by atoms with Crippen LogP contribution in [0.1, 0.15) is 25.7 Å². The van der Waals surface area contributed by atoms with Crippen LogP contribution in [0.5, 0.6) is 0 Å². The molecule has 1 N–H and O–H groups in total. The second-order valence-electron chi connectivity index (χ2n) is 2.28. The third kappa shape index (κ3) is 2.51. The molecule has 1 unspecified atom stereocenters. The van der Waals surface area contributed by atoms with Crippen molar-refractivity contribution in [1.82, 2.24) is 5.32 Å². The molecule has 0 spiro atoms. The Bertz CT molecular complexity index is 116. The molecule has 0 aliphatic carbocycles. The maximum absolute atomic E-state index is 10.8. The first-order chi connectivity index (χ1) is 4.29. The minimum Gasteiger partial charge on any atom is -0.344 e. The zero-order chi connectivity index (χ0) is 6.69. The number of carbonyl (C=O) groups is 1. The van der Waals surface area contributed by atoms with E-state index in [2.05, 4.69) is 27.9 Å². The molecule has 1 saturated heterocycles. The summed E-state index contributed by atoms with van der Waals surface area (Å²) < 4.78 is 0.373. The lowest BCUT2D eigenvalue weighted by molar-refractivity contribution is -0.120. The molecule has 9 heavy (non-hydrogen) atoms. The number of amides is 1. The van der Waals surface area contributed by atoms with Crippen LogP contribution in [-0.2, 0) is 4.79 Å². The van der Waals surface area contributed by atoms with Gasteiger partial charge < -0.3 is 5.32 Å². The van der Waals surface area contributed by atoms with Gasteiger partial charge in [-0.25, -0.2) is 0 Å². The second kappa shape index (κ2) is 3.39. The highest BCUT2D eigenvalue weighted by Crippen LogP contribution is 2.13. The number of rotatable bonds is 0. The lowest BCUT2D eigenvalue weighted by Gasteiger charge is -2.04. The third-order valence-electron chi connectivity index (χ3n) is 1.43. The quantitative estimate of drug-likeness (QED) is 0.387. The number of hydrogen-bond acceptors (Lipinski definition) is 1. The maximum atomic E-state index is 10.8. The maximum Gasteiger partial charge on any atom is 0.220 e. The van der Waals surface area contributed by atoms with Crippen LogP contribution >= 0.6 is 22.6 Å². The first-order valence-electron chi connectivity index (χ1n) is 3.22. The predicted octanol–water partition coefficient (Wildman–Crippen LogP) is 1.44. The van der Waals surface area contributed by atoms with Crippen LogP contribution in [0.15, 0.2) is 0 Å². The molecule has 1 aliphatic heterocycles. The highest BCUT2D eigenvalue weighted by Gasteiger charge is 2.11. The van der Waals surface area contributed by atoms with Gasteiger partial charge in [0.25, 0.3) is 0 Å². The molecule has 1 heterocycles. The van der Waals surface area contributed by atoms with Gasteiger partial charge in [-0.1, -0.05) is 29.0 Å². The fourth-order valence-electron chi connectivity index (χ4n) is 0.928. The summed E-state index contributed by atoms with van der Waals surface area (Å²) in [5.74, 6) is 0.215. The molecule has 2 nitrogen and oxygen atoms in total. The van der Waals surface area contributed by atoms with Crippen molar-refractivity contribution in [3.63, 3.8) is 0 Å². The fourth-order valence-corrected chi connectivity index (χ4v) is 1.72. The van der Waals surface area contributed by atoms with Gasteiger partial charge in [0.2, 0.25) is 5.91 Å². The average molecular weight is 239 g/mol. The Morgan fingerprint density at radius 3 is 3.11 bits per heavy atom. The van der Waals surface area contributed by atoms with Crippen LogP contribution < -0.4 is 5.32 Å². The van der Waals surface area contributed by atoms with E-state index in [-0.39, 0.29) is 5.91 Å². The van der Waals surface area contributed by atoms with Gasteiger partial charge in [0.15, 0.2) is 0 Å². The lowest BCUT2D eigenvalue weighted by Crippen LogP contribution is -2.27. The first-order valence-corrected chi connectivity index (χ1v) is 4.47. The summed E-state index contributed by atoms with van der Waals surface area (Å²) in [5, 5.41) is 2.89. The van der Waals surface area contributed by atoms with Crippen LogP contribution in [-0.4, -0.2) is 9.96 Å². The van der Waals surface area contributed by atoms with Crippen molar-refractivity contribution in [2.45, 2.75) is 29.7 Å². The molecule has 1 amide bonds. The van der Waals surface area contributed by atoms with Gasteiger partial charge in [-0.05, 0) is 12.8 Å². The van der Waals surface area contributed by atoms with Crippen LogP contribution in [0, 0.1) is 0 Å². The van der Waals surface area contributed by atoms with E-state index in [0.29, 0.717) is 4.05 Å². The third-order valence-corrected chi connectivity index (χ3v) is 2.36. The van der Waals surface area contributed by atoms with Gasteiger partial charge >= 0.3 is 0 Å². The Morgan fingerprint density at radius 2 is 2.33 bits per heavy atom. The molecule has 1 fully saturated rings. The van der Waals surface area contributed by atoms with E-state index in [9.17, 15) is 4.79 Å². The summed E-state index contributed by atoms with van der Waals surface area (Å²) in [4.78, 5) is 10.8. The molecule has 1 rings (SSSR count). The highest BCUT2D eigenvalue weighted by atomic mass is 127.